The van der Waals surface area contributed by atoms with Crippen molar-refractivity contribution in [3.63, 3.8) is 0 Å². The van der Waals surface area contributed by atoms with Gasteiger partial charge >= 0.3 is 0 Å². The Labute approximate surface area is 184 Å². The van der Waals surface area contributed by atoms with Gasteiger partial charge in [0.1, 0.15) is 11.6 Å². The molecule has 4 atom stereocenters. The lowest BCUT2D eigenvalue weighted by Crippen LogP contribution is -2.54. The molecule has 4 rings (SSSR count). The number of hydrazine groups is 1. The monoisotopic (exact) mass is 449 g/mol. The summed E-state index contributed by atoms with van der Waals surface area (Å²) in [6.45, 7) is 2.12. The van der Waals surface area contributed by atoms with Crippen LogP contribution in [0.25, 0.3) is 0 Å². The molecular formula is C19H29F2N11. The Morgan fingerprint density at radius 2 is 1.25 bits per heavy atom. The second kappa shape index (κ2) is 9.32. The Kier molecular flexibility index (Phi) is 6.50. The number of halogens is 2. The van der Waals surface area contributed by atoms with Gasteiger partial charge in [-0.2, -0.15) is 15.0 Å². The summed E-state index contributed by atoms with van der Waals surface area (Å²) >= 11 is 0. The van der Waals surface area contributed by atoms with Crippen molar-refractivity contribution in [1.29, 1.82) is 0 Å². The summed E-state index contributed by atoms with van der Waals surface area (Å²) in [7, 11) is 0. The fourth-order valence-electron chi connectivity index (χ4n) is 4.09. The first-order valence-corrected chi connectivity index (χ1v) is 10.5. The molecule has 11 nitrogen and oxygen atoms in total. The average molecular weight is 450 g/mol. The number of piperidine rings is 2. The van der Waals surface area contributed by atoms with E-state index in [0.29, 0.717) is 50.9 Å². The van der Waals surface area contributed by atoms with Gasteiger partial charge in [0.05, 0.1) is 5.69 Å². The van der Waals surface area contributed by atoms with Crippen molar-refractivity contribution in [2.45, 2.75) is 37.0 Å². The molecule has 10 N–H and O–H groups in total. The summed E-state index contributed by atoms with van der Waals surface area (Å²) in [5, 5.41) is 0. The number of nitrogens with one attached hydrogen (secondary N) is 2. The van der Waals surface area contributed by atoms with Crippen molar-refractivity contribution in [2.24, 2.45) is 22.9 Å². The van der Waals surface area contributed by atoms with Crippen LogP contribution in [0.4, 0.5) is 32.3 Å². The molecule has 13 heteroatoms. The summed E-state index contributed by atoms with van der Waals surface area (Å²) < 4.78 is 27.5. The maximum atomic E-state index is 14.0. The number of benzene rings is 1. The second-order valence-corrected chi connectivity index (χ2v) is 8.45. The maximum Gasteiger partial charge on any atom is 0.248 e. The zero-order valence-electron chi connectivity index (χ0n) is 17.6. The van der Waals surface area contributed by atoms with Gasteiger partial charge in [0.2, 0.25) is 17.8 Å². The van der Waals surface area contributed by atoms with Crippen molar-refractivity contribution < 1.29 is 8.78 Å². The lowest BCUT2D eigenvalue weighted by molar-refractivity contribution is 0.441. The Morgan fingerprint density at radius 1 is 0.750 bits per heavy atom. The van der Waals surface area contributed by atoms with Crippen LogP contribution in [0.1, 0.15) is 12.8 Å². The highest BCUT2D eigenvalue weighted by molar-refractivity contribution is 5.52. The molecule has 1 aromatic heterocycles. The molecule has 2 saturated heterocycles. The molecule has 0 amide bonds. The van der Waals surface area contributed by atoms with E-state index in [-0.39, 0.29) is 35.8 Å². The summed E-state index contributed by atoms with van der Waals surface area (Å²) in [6, 6.07) is 2.61. The molecule has 0 radical (unpaired) electrons. The predicted molar refractivity (Wildman–Crippen MR) is 119 cm³/mol. The van der Waals surface area contributed by atoms with Crippen molar-refractivity contribution in [3.05, 3.63) is 29.8 Å². The molecule has 2 aliphatic rings. The Morgan fingerprint density at radius 3 is 1.75 bits per heavy atom. The molecule has 174 valence electrons. The van der Waals surface area contributed by atoms with Crippen molar-refractivity contribution >= 4 is 23.5 Å². The highest BCUT2D eigenvalue weighted by Crippen LogP contribution is 2.23. The van der Waals surface area contributed by atoms with Crippen LogP contribution in [0.15, 0.2) is 18.2 Å². The maximum absolute atomic E-state index is 14.0. The van der Waals surface area contributed by atoms with E-state index in [4.69, 9.17) is 22.9 Å². The van der Waals surface area contributed by atoms with Crippen molar-refractivity contribution in [3.8, 4) is 0 Å². The van der Waals surface area contributed by atoms with Gasteiger partial charge in [-0.3, -0.25) is 10.9 Å². The van der Waals surface area contributed by atoms with Gasteiger partial charge in [-0.15, -0.1) is 0 Å². The smallest absolute Gasteiger partial charge is 0.248 e. The first-order chi connectivity index (χ1) is 15.3. The SMILES string of the molecule is NC1CC(N)CN(c2nc(NNc3cc(F)ccc3F)nc(N3CC(N)CC(N)C3)n2)C1. The minimum Gasteiger partial charge on any atom is -0.338 e. The minimum atomic E-state index is -0.630. The molecule has 2 aliphatic heterocycles. The lowest BCUT2D eigenvalue weighted by atomic mass is 10.0. The van der Waals surface area contributed by atoms with Crippen LogP contribution in [0.3, 0.4) is 0 Å². The highest BCUT2D eigenvalue weighted by atomic mass is 19.1. The van der Waals surface area contributed by atoms with Gasteiger partial charge in [-0.25, -0.2) is 8.78 Å². The summed E-state index contributed by atoms with van der Waals surface area (Å²) in [6.07, 6.45) is 1.41. The molecule has 2 aromatic rings. The van der Waals surface area contributed by atoms with E-state index in [0.717, 1.165) is 18.2 Å². The van der Waals surface area contributed by atoms with Crippen LogP contribution in [0.2, 0.25) is 0 Å². The van der Waals surface area contributed by atoms with E-state index in [2.05, 4.69) is 25.8 Å². The zero-order chi connectivity index (χ0) is 22.8. The predicted octanol–water partition coefficient (Wildman–Crippen LogP) is -0.682. The number of hydrogen-bond acceptors (Lipinski definition) is 11. The average Bonchev–Trinajstić information content (AvgIpc) is 2.73. The van der Waals surface area contributed by atoms with Crippen LogP contribution in [-0.2, 0) is 0 Å². The fourth-order valence-corrected chi connectivity index (χ4v) is 4.09. The van der Waals surface area contributed by atoms with E-state index >= 15 is 0 Å². The molecular weight excluding hydrogens is 420 g/mol. The first-order valence-electron chi connectivity index (χ1n) is 10.5. The molecule has 0 spiro atoms. The molecule has 4 unspecified atom stereocenters. The Bertz CT molecular complexity index is 881. The fraction of sp³-hybridized carbons (Fsp3) is 0.526. The molecule has 0 aliphatic carbocycles. The molecule has 0 bridgehead atoms. The van der Waals surface area contributed by atoms with E-state index in [9.17, 15) is 8.78 Å². The number of anilines is 4. The Balaban J connectivity index is 1.63. The topological polar surface area (TPSA) is 173 Å². The number of nitrogens with zero attached hydrogens (tertiary/aromatic N) is 5. The van der Waals surface area contributed by atoms with Gasteiger partial charge < -0.3 is 32.7 Å². The molecule has 2 fully saturated rings. The normalized spacial score (nSPS) is 26.2. The quantitative estimate of drug-likeness (QED) is 0.319. The van der Waals surface area contributed by atoms with Gasteiger partial charge in [0, 0.05) is 56.4 Å². The minimum absolute atomic E-state index is 0.0856. The number of hydrogen-bond donors (Lipinski definition) is 6. The third kappa shape index (κ3) is 5.30. The van der Waals surface area contributed by atoms with E-state index in [1.165, 1.54) is 0 Å². The molecule has 1 aromatic carbocycles. The van der Waals surface area contributed by atoms with E-state index in [1.54, 1.807) is 0 Å². The molecule has 3 heterocycles. The molecule has 0 saturated carbocycles. The first kappa shape index (κ1) is 22.3. The van der Waals surface area contributed by atoms with Crippen LogP contribution >= 0.6 is 0 Å². The van der Waals surface area contributed by atoms with Gasteiger partial charge in [-0.05, 0) is 25.0 Å². The summed E-state index contributed by atoms with van der Waals surface area (Å²) in [5.41, 5.74) is 29.8. The second-order valence-electron chi connectivity index (χ2n) is 8.45. The van der Waals surface area contributed by atoms with Crippen LogP contribution < -0.4 is 43.6 Å². The van der Waals surface area contributed by atoms with E-state index < -0.39 is 11.6 Å². The van der Waals surface area contributed by atoms with Crippen LogP contribution in [0.5, 0.6) is 0 Å². The number of nitrogens with two attached hydrogens (primary N) is 4. The van der Waals surface area contributed by atoms with Crippen LogP contribution in [0, 0.1) is 11.6 Å². The van der Waals surface area contributed by atoms with Crippen LogP contribution in [-0.4, -0.2) is 65.3 Å². The van der Waals surface area contributed by atoms with Gasteiger partial charge in [0.15, 0.2) is 0 Å². The number of aromatic nitrogens is 3. The highest BCUT2D eigenvalue weighted by Gasteiger charge is 2.28. The summed E-state index contributed by atoms with van der Waals surface area (Å²) in [4.78, 5) is 17.3. The third-order valence-electron chi connectivity index (χ3n) is 5.45. The number of rotatable bonds is 5. The summed E-state index contributed by atoms with van der Waals surface area (Å²) in [5.74, 6) is -0.349. The molecule has 32 heavy (non-hydrogen) atoms. The van der Waals surface area contributed by atoms with Crippen molar-refractivity contribution in [2.75, 3.05) is 46.8 Å². The van der Waals surface area contributed by atoms with Gasteiger partial charge in [0.25, 0.3) is 0 Å². The van der Waals surface area contributed by atoms with E-state index in [1.807, 2.05) is 9.80 Å². The largest absolute Gasteiger partial charge is 0.338 e. The third-order valence-corrected chi connectivity index (χ3v) is 5.45. The van der Waals surface area contributed by atoms with Gasteiger partial charge in [-0.1, -0.05) is 0 Å². The Hall–Kier alpha value is -2.87. The lowest BCUT2D eigenvalue weighted by Gasteiger charge is -2.37. The van der Waals surface area contributed by atoms with Crippen molar-refractivity contribution in [1.82, 2.24) is 15.0 Å². The standard InChI is InChI=1S/C19H29F2N11/c20-10-1-2-15(21)16(3-10)29-30-17-26-18(31-6-11(22)4-12(23)7-31)28-19(27-17)32-8-13(24)5-14(25)9-32/h1-3,11-14,29H,4-9,22-25H2,(H,26,27,28,30). The zero-order valence-corrected chi connectivity index (χ0v) is 17.6.